The van der Waals surface area contributed by atoms with Crippen LogP contribution in [0.1, 0.15) is 36.0 Å². The molecule has 146 valence electrons. The average molecular weight is 406 g/mol. The van der Waals surface area contributed by atoms with Gasteiger partial charge in [0.1, 0.15) is 17.2 Å². The monoisotopic (exact) mass is 405 g/mol. The third-order valence-electron chi connectivity index (χ3n) is 4.88. The SMILES string of the molecule is Cc1nonc1CC(=O)N1CCC(c2nc(-c3ccc(Cl)c(F)c3)no2)CC1. The summed E-state index contributed by atoms with van der Waals surface area (Å²) in [4.78, 5) is 18.6. The van der Waals surface area contributed by atoms with Crippen molar-refractivity contribution in [2.24, 2.45) is 0 Å². The van der Waals surface area contributed by atoms with Crippen molar-refractivity contribution in [2.45, 2.75) is 32.1 Å². The van der Waals surface area contributed by atoms with Gasteiger partial charge in [-0.3, -0.25) is 4.79 Å². The van der Waals surface area contributed by atoms with E-state index in [9.17, 15) is 9.18 Å². The van der Waals surface area contributed by atoms with E-state index in [2.05, 4.69) is 25.1 Å². The highest BCUT2D eigenvalue weighted by Crippen LogP contribution is 2.29. The van der Waals surface area contributed by atoms with Gasteiger partial charge >= 0.3 is 0 Å². The minimum absolute atomic E-state index is 0.0138. The van der Waals surface area contributed by atoms with Crippen molar-refractivity contribution in [2.75, 3.05) is 13.1 Å². The highest BCUT2D eigenvalue weighted by molar-refractivity contribution is 6.30. The molecule has 10 heteroatoms. The molecule has 0 unspecified atom stereocenters. The Kier molecular flexibility index (Phi) is 5.08. The summed E-state index contributed by atoms with van der Waals surface area (Å²) in [5.74, 6) is 0.319. The van der Waals surface area contributed by atoms with E-state index >= 15 is 0 Å². The van der Waals surface area contributed by atoms with E-state index in [0.717, 1.165) is 0 Å². The molecule has 0 bridgehead atoms. The Labute approximate surface area is 164 Å². The van der Waals surface area contributed by atoms with Crippen molar-refractivity contribution in [1.82, 2.24) is 25.4 Å². The number of halogens is 2. The fraction of sp³-hybridized carbons (Fsp3) is 0.389. The van der Waals surface area contributed by atoms with Crippen molar-refractivity contribution in [1.29, 1.82) is 0 Å². The van der Waals surface area contributed by atoms with Crippen LogP contribution in [0.4, 0.5) is 4.39 Å². The smallest absolute Gasteiger partial charge is 0.230 e. The lowest BCUT2D eigenvalue weighted by molar-refractivity contribution is -0.131. The average Bonchev–Trinajstić information content (AvgIpc) is 3.34. The van der Waals surface area contributed by atoms with Crippen LogP contribution in [-0.4, -0.2) is 44.4 Å². The molecule has 28 heavy (non-hydrogen) atoms. The predicted octanol–water partition coefficient (Wildman–Crippen LogP) is 3.17. The van der Waals surface area contributed by atoms with Crippen LogP contribution in [0.25, 0.3) is 11.4 Å². The number of piperidine rings is 1. The van der Waals surface area contributed by atoms with Gasteiger partial charge in [0.15, 0.2) is 0 Å². The maximum absolute atomic E-state index is 13.6. The fourth-order valence-corrected chi connectivity index (χ4v) is 3.31. The van der Waals surface area contributed by atoms with Crippen molar-refractivity contribution >= 4 is 17.5 Å². The minimum Gasteiger partial charge on any atom is -0.342 e. The third-order valence-corrected chi connectivity index (χ3v) is 5.19. The normalized spacial score (nSPS) is 15.2. The molecule has 3 aromatic rings. The molecule has 1 aliphatic rings. The highest BCUT2D eigenvalue weighted by Gasteiger charge is 2.28. The van der Waals surface area contributed by atoms with Crippen LogP contribution in [-0.2, 0) is 11.2 Å². The number of benzene rings is 1. The van der Waals surface area contributed by atoms with Crippen molar-refractivity contribution < 1.29 is 18.3 Å². The van der Waals surface area contributed by atoms with Gasteiger partial charge in [0.2, 0.25) is 17.6 Å². The van der Waals surface area contributed by atoms with Crippen LogP contribution < -0.4 is 0 Å². The number of aryl methyl sites for hydroxylation is 1. The van der Waals surface area contributed by atoms with Crippen molar-refractivity contribution in [3.63, 3.8) is 0 Å². The molecule has 0 radical (unpaired) electrons. The number of aromatic nitrogens is 4. The molecular weight excluding hydrogens is 389 g/mol. The van der Waals surface area contributed by atoms with Crippen LogP contribution in [0.5, 0.6) is 0 Å². The van der Waals surface area contributed by atoms with Crippen molar-refractivity contribution in [3.05, 3.63) is 46.3 Å². The predicted molar refractivity (Wildman–Crippen MR) is 96.0 cm³/mol. The van der Waals surface area contributed by atoms with E-state index in [1.807, 2.05) is 0 Å². The lowest BCUT2D eigenvalue weighted by Gasteiger charge is -2.30. The van der Waals surface area contributed by atoms with Gasteiger partial charge < -0.3 is 9.42 Å². The zero-order valence-electron chi connectivity index (χ0n) is 15.1. The molecule has 0 saturated carbocycles. The maximum Gasteiger partial charge on any atom is 0.230 e. The summed E-state index contributed by atoms with van der Waals surface area (Å²) < 4.78 is 23.6. The van der Waals surface area contributed by atoms with Gasteiger partial charge in [0, 0.05) is 24.6 Å². The lowest BCUT2D eigenvalue weighted by Crippen LogP contribution is -2.39. The van der Waals surface area contributed by atoms with Crippen LogP contribution in [0.3, 0.4) is 0 Å². The number of amides is 1. The molecule has 0 spiro atoms. The molecule has 1 aliphatic heterocycles. The first-order valence-corrected chi connectivity index (χ1v) is 9.24. The number of rotatable bonds is 4. The van der Waals surface area contributed by atoms with Gasteiger partial charge in [-0.2, -0.15) is 4.98 Å². The van der Waals surface area contributed by atoms with E-state index in [4.69, 9.17) is 16.1 Å². The van der Waals surface area contributed by atoms with Crippen LogP contribution in [0, 0.1) is 12.7 Å². The number of hydrogen-bond donors (Lipinski definition) is 0. The van der Waals surface area contributed by atoms with E-state index in [-0.39, 0.29) is 23.3 Å². The fourth-order valence-electron chi connectivity index (χ4n) is 3.19. The number of likely N-dealkylation sites (tertiary alicyclic amines) is 1. The van der Waals surface area contributed by atoms with Crippen molar-refractivity contribution in [3.8, 4) is 11.4 Å². The van der Waals surface area contributed by atoms with E-state index in [0.29, 0.717) is 54.6 Å². The van der Waals surface area contributed by atoms with Gasteiger partial charge in [0.25, 0.3) is 0 Å². The minimum atomic E-state index is -0.533. The topological polar surface area (TPSA) is 98.2 Å². The molecule has 0 atom stereocenters. The summed E-state index contributed by atoms with van der Waals surface area (Å²) in [7, 11) is 0. The quantitative estimate of drug-likeness (QED) is 0.657. The van der Waals surface area contributed by atoms with Gasteiger partial charge in [-0.1, -0.05) is 27.1 Å². The summed E-state index contributed by atoms with van der Waals surface area (Å²) in [6, 6.07) is 4.37. The number of carbonyl (C=O) groups excluding carboxylic acids is 1. The standard InChI is InChI=1S/C18H17ClFN5O3/c1-10-15(23-28-22-10)9-16(26)25-6-4-11(5-7-25)18-21-17(24-27-18)12-2-3-13(19)14(20)8-12/h2-3,8,11H,4-7,9H2,1H3. The largest absolute Gasteiger partial charge is 0.342 e. The second kappa shape index (κ2) is 7.67. The molecule has 1 aromatic carbocycles. The molecule has 0 N–H and O–H groups in total. The summed E-state index contributed by atoms with van der Waals surface area (Å²) >= 11 is 5.70. The van der Waals surface area contributed by atoms with E-state index in [1.54, 1.807) is 17.9 Å². The summed E-state index contributed by atoms with van der Waals surface area (Å²) in [5.41, 5.74) is 1.69. The molecule has 1 fully saturated rings. The number of carbonyl (C=O) groups is 1. The second-order valence-electron chi connectivity index (χ2n) is 6.71. The second-order valence-corrected chi connectivity index (χ2v) is 7.12. The lowest BCUT2D eigenvalue weighted by atomic mass is 9.96. The summed E-state index contributed by atoms with van der Waals surface area (Å²) in [5, 5.41) is 11.4. The first-order valence-electron chi connectivity index (χ1n) is 8.86. The highest BCUT2D eigenvalue weighted by atomic mass is 35.5. The Balaban J connectivity index is 1.37. The molecule has 1 amide bonds. The molecular formula is C18H17ClFN5O3. The molecule has 0 aliphatic carbocycles. The molecule has 4 rings (SSSR count). The summed E-state index contributed by atoms with van der Waals surface area (Å²) in [6.07, 6.45) is 1.59. The van der Waals surface area contributed by atoms with Gasteiger partial charge in [-0.15, -0.1) is 0 Å². The van der Waals surface area contributed by atoms with Crippen LogP contribution >= 0.6 is 11.6 Å². The van der Waals surface area contributed by atoms with Crippen LogP contribution in [0.2, 0.25) is 5.02 Å². The summed E-state index contributed by atoms with van der Waals surface area (Å²) in [6.45, 7) is 2.92. The van der Waals surface area contributed by atoms with E-state index in [1.165, 1.54) is 12.1 Å². The number of hydrogen-bond acceptors (Lipinski definition) is 7. The first kappa shape index (κ1) is 18.5. The molecule has 2 aromatic heterocycles. The molecule has 3 heterocycles. The molecule has 8 nitrogen and oxygen atoms in total. The van der Waals surface area contributed by atoms with Gasteiger partial charge in [-0.25, -0.2) is 9.02 Å². The van der Waals surface area contributed by atoms with E-state index < -0.39 is 5.82 Å². The molecule has 1 saturated heterocycles. The Morgan fingerprint density at radius 1 is 1.29 bits per heavy atom. The Morgan fingerprint density at radius 2 is 2.07 bits per heavy atom. The number of nitrogens with zero attached hydrogens (tertiary/aromatic N) is 5. The van der Waals surface area contributed by atoms with Crippen LogP contribution in [0.15, 0.2) is 27.4 Å². The zero-order chi connectivity index (χ0) is 19.7. The van der Waals surface area contributed by atoms with Gasteiger partial charge in [0.05, 0.1) is 11.4 Å². The Hall–Kier alpha value is -2.81. The zero-order valence-corrected chi connectivity index (χ0v) is 15.8. The first-order chi connectivity index (χ1) is 13.5. The third kappa shape index (κ3) is 3.75. The Bertz CT molecular complexity index is 997. The Morgan fingerprint density at radius 3 is 2.75 bits per heavy atom. The van der Waals surface area contributed by atoms with Gasteiger partial charge in [-0.05, 0) is 38.0 Å². The maximum atomic E-state index is 13.6.